The summed E-state index contributed by atoms with van der Waals surface area (Å²) in [5.41, 5.74) is 0. The highest BCUT2D eigenvalue weighted by molar-refractivity contribution is 6.35. The molecule has 0 spiro atoms. The molecule has 0 rings (SSSR count). The molecule has 0 bridgehead atoms. The summed E-state index contributed by atoms with van der Waals surface area (Å²) in [5, 5.41) is 0. The van der Waals surface area contributed by atoms with Gasteiger partial charge >= 0.3 is 5.97 Å². The summed E-state index contributed by atoms with van der Waals surface area (Å²) in [7, 11) is 1.69. The topological polar surface area (TPSA) is 44.8 Å². The molecule has 0 fully saturated rings. The first-order chi connectivity index (χ1) is 7.31. The van der Waals surface area contributed by atoms with Gasteiger partial charge in [-0.05, 0) is 6.42 Å². The molecule has 4 nitrogen and oxygen atoms in total. The molecule has 0 aromatic rings. The standard InChI is InChI=1S/C10H20O4Si/c1-3-10(11)14-7-6-13-5-4-8-15-9-12-2/h3H,1,4-9,15H2,2H3. The van der Waals surface area contributed by atoms with Crippen molar-refractivity contribution in [1.29, 1.82) is 0 Å². The third kappa shape index (κ3) is 11.3. The molecule has 0 saturated carbocycles. The van der Waals surface area contributed by atoms with Crippen LogP contribution in [0.3, 0.4) is 0 Å². The van der Waals surface area contributed by atoms with Gasteiger partial charge in [-0.2, -0.15) is 0 Å². The zero-order valence-electron chi connectivity index (χ0n) is 9.37. The molecule has 0 N–H and O–H groups in total. The van der Waals surface area contributed by atoms with Crippen molar-refractivity contribution in [2.75, 3.05) is 33.2 Å². The van der Waals surface area contributed by atoms with E-state index in [0.717, 1.165) is 25.3 Å². The van der Waals surface area contributed by atoms with Gasteiger partial charge < -0.3 is 14.2 Å². The molecular formula is C10H20O4Si. The van der Waals surface area contributed by atoms with E-state index in [2.05, 4.69) is 6.58 Å². The summed E-state index contributed by atoms with van der Waals surface area (Å²) < 4.78 is 15.0. The zero-order chi connectivity index (χ0) is 11.4. The van der Waals surface area contributed by atoms with Gasteiger partial charge in [0.2, 0.25) is 0 Å². The second-order valence-electron chi connectivity index (χ2n) is 3.04. The van der Waals surface area contributed by atoms with E-state index in [4.69, 9.17) is 14.2 Å². The fraction of sp³-hybridized carbons (Fsp3) is 0.700. The van der Waals surface area contributed by atoms with E-state index in [9.17, 15) is 4.79 Å². The predicted octanol–water partition coefficient (Wildman–Crippen LogP) is 0.313. The van der Waals surface area contributed by atoms with Crippen LogP contribution in [-0.4, -0.2) is 48.6 Å². The number of methoxy groups -OCH3 is 1. The third-order valence-electron chi connectivity index (χ3n) is 1.78. The smallest absolute Gasteiger partial charge is 0.330 e. The van der Waals surface area contributed by atoms with Crippen LogP contribution in [0.4, 0.5) is 0 Å². The first-order valence-electron chi connectivity index (χ1n) is 5.17. The first kappa shape index (κ1) is 14.3. The average molecular weight is 232 g/mol. The number of ether oxygens (including phenoxy) is 3. The van der Waals surface area contributed by atoms with Crippen LogP contribution in [0, 0.1) is 0 Å². The van der Waals surface area contributed by atoms with Gasteiger partial charge in [0, 0.05) is 26.0 Å². The van der Waals surface area contributed by atoms with E-state index >= 15 is 0 Å². The number of esters is 1. The minimum absolute atomic E-state index is 0.0456. The predicted molar refractivity (Wildman–Crippen MR) is 61.8 cm³/mol. The minimum Gasteiger partial charge on any atom is -0.460 e. The molecule has 88 valence electrons. The molecule has 5 heteroatoms. The van der Waals surface area contributed by atoms with Gasteiger partial charge in [0.15, 0.2) is 0 Å². The molecule has 0 amide bonds. The molecular weight excluding hydrogens is 212 g/mol. The fourth-order valence-electron chi connectivity index (χ4n) is 0.989. The van der Waals surface area contributed by atoms with Gasteiger partial charge in [-0.3, -0.25) is 0 Å². The van der Waals surface area contributed by atoms with Gasteiger partial charge in [0.25, 0.3) is 0 Å². The highest BCUT2D eigenvalue weighted by atomic mass is 28.2. The Labute approximate surface area is 93.4 Å². The van der Waals surface area contributed by atoms with Gasteiger partial charge in [-0.15, -0.1) is 0 Å². The van der Waals surface area contributed by atoms with Gasteiger partial charge in [-0.1, -0.05) is 12.6 Å². The van der Waals surface area contributed by atoms with Gasteiger partial charge in [0.05, 0.1) is 16.1 Å². The van der Waals surface area contributed by atoms with Crippen LogP contribution in [0.5, 0.6) is 0 Å². The SMILES string of the molecule is C=CC(=O)OCCOCCC[SiH2]COC. The third-order valence-corrected chi connectivity index (χ3v) is 3.47. The highest BCUT2D eigenvalue weighted by Crippen LogP contribution is 1.90. The summed E-state index contributed by atoms with van der Waals surface area (Å²) in [4.78, 5) is 10.6. The normalized spacial score (nSPS) is 10.7. The van der Waals surface area contributed by atoms with E-state index in [-0.39, 0.29) is 9.52 Å². The van der Waals surface area contributed by atoms with Crippen LogP contribution >= 0.6 is 0 Å². The Morgan fingerprint density at radius 1 is 1.40 bits per heavy atom. The monoisotopic (exact) mass is 232 g/mol. The van der Waals surface area contributed by atoms with Crippen LogP contribution in [0.15, 0.2) is 12.7 Å². The molecule has 0 aromatic heterocycles. The molecule has 0 unspecified atom stereocenters. The molecule has 0 aliphatic heterocycles. The molecule has 0 aliphatic carbocycles. The second kappa shape index (κ2) is 11.4. The lowest BCUT2D eigenvalue weighted by atomic mass is 10.5. The summed E-state index contributed by atoms with van der Waals surface area (Å²) in [5.74, 6) is -0.397. The van der Waals surface area contributed by atoms with Crippen molar-refractivity contribution in [1.82, 2.24) is 0 Å². The fourth-order valence-corrected chi connectivity index (χ4v) is 2.04. The van der Waals surface area contributed by atoms with E-state index in [1.54, 1.807) is 7.11 Å². The Balaban J connectivity index is 2.98. The number of hydrogen-bond donors (Lipinski definition) is 0. The Morgan fingerprint density at radius 3 is 2.87 bits per heavy atom. The van der Waals surface area contributed by atoms with Gasteiger partial charge in [-0.25, -0.2) is 4.79 Å². The van der Waals surface area contributed by atoms with Gasteiger partial charge in [0.1, 0.15) is 6.61 Å². The van der Waals surface area contributed by atoms with E-state index in [0.29, 0.717) is 13.2 Å². The summed E-state index contributed by atoms with van der Waals surface area (Å²) in [6, 6.07) is 1.24. The molecule has 0 aromatic carbocycles. The lowest BCUT2D eigenvalue weighted by Crippen LogP contribution is -2.09. The maximum Gasteiger partial charge on any atom is 0.330 e. The quantitative estimate of drug-likeness (QED) is 0.235. The summed E-state index contributed by atoms with van der Waals surface area (Å²) in [6.45, 7) is 4.80. The van der Waals surface area contributed by atoms with Crippen molar-refractivity contribution in [3.63, 3.8) is 0 Å². The maximum atomic E-state index is 10.6. The Kier molecular flexibility index (Phi) is 10.9. The molecule has 0 aliphatic rings. The molecule has 0 atom stereocenters. The first-order valence-corrected chi connectivity index (χ1v) is 7.17. The number of carbonyl (C=O) groups excluding carboxylic acids is 1. The number of carbonyl (C=O) groups is 1. The van der Waals surface area contributed by atoms with Crippen molar-refractivity contribution < 1.29 is 19.0 Å². The second-order valence-corrected chi connectivity index (χ2v) is 4.86. The Hall–Kier alpha value is -0.653. The number of hydrogen-bond acceptors (Lipinski definition) is 4. The zero-order valence-corrected chi connectivity index (χ0v) is 10.8. The maximum absolute atomic E-state index is 10.6. The lowest BCUT2D eigenvalue weighted by molar-refractivity contribution is -0.139. The molecule has 0 radical (unpaired) electrons. The average Bonchev–Trinajstić information content (AvgIpc) is 2.26. The van der Waals surface area contributed by atoms with Crippen molar-refractivity contribution in [2.24, 2.45) is 0 Å². The van der Waals surface area contributed by atoms with Crippen molar-refractivity contribution >= 4 is 15.5 Å². The van der Waals surface area contributed by atoms with E-state index in [1.807, 2.05) is 0 Å². The Bertz CT molecular complexity index is 173. The Morgan fingerprint density at radius 2 is 2.20 bits per heavy atom. The lowest BCUT2D eigenvalue weighted by Gasteiger charge is -2.04. The van der Waals surface area contributed by atoms with Crippen molar-refractivity contribution in [3.8, 4) is 0 Å². The van der Waals surface area contributed by atoms with Crippen LogP contribution in [0.1, 0.15) is 6.42 Å². The van der Waals surface area contributed by atoms with Crippen molar-refractivity contribution in [2.45, 2.75) is 12.5 Å². The van der Waals surface area contributed by atoms with Crippen LogP contribution in [0.2, 0.25) is 6.04 Å². The van der Waals surface area contributed by atoms with E-state index in [1.165, 1.54) is 6.04 Å². The summed E-state index contributed by atoms with van der Waals surface area (Å²) in [6.07, 6.45) is 3.16. The molecule has 15 heavy (non-hydrogen) atoms. The summed E-state index contributed by atoms with van der Waals surface area (Å²) >= 11 is 0. The molecule has 0 heterocycles. The molecule has 0 saturated heterocycles. The van der Waals surface area contributed by atoms with Crippen LogP contribution in [0.25, 0.3) is 0 Å². The largest absolute Gasteiger partial charge is 0.460 e. The minimum atomic E-state index is -0.397. The number of rotatable bonds is 10. The van der Waals surface area contributed by atoms with Crippen LogP contribution in [-0.2, 0) is 19.0 Å². The highest BCUT2D eigenvalue weighted by Gasteiger charge is 1.95. The van der Waals surface area contributed by atoms with Crippen LogP contribution < -0.4 is 0 Å². The van der Waals surface area contributed by atoms with Crippen molar-refractivity contribution in [3.05, 3.63) is 12.7 Å². The van der Waals surface area contributed by atoms with E-state index < -0.39 is 5.97 Å².